The van der Waals surface area contributed by atoms with Crippen LogP contribution in [0.15, 0.2) is 9.15 Å². The minimum Gasteiger partial charge on any atom is -0.473 e. The van der Waals surface area contributed by atoms with Gasteiger partial charge >= 0.3 is 11.9 Å². The molecule has 0 amide bonds. The van der Waals surface area contributed by atoms with Crippen molar-refractivity contribution in [3.05, 3.63) is 0 Å². The van der Waals surface area contributed by atoms with Crippen LogP contribution in [-0.2, 0) is 0 Å². The first kappa shape index (κ1) is 15.0. The molecule has 0 radical (unpaired) electrons. The Morgan fingerprint density at radius 2 is 1.39 bits per heavy atom. The van der Waals surface area contributed by atoms with Crippen LogP contribution in [0.2, 0.25) is 0 Å². The van der Waals surface area contributed by atoms with Crippen molar-refractivity contribution in [1.29, 1.82) is 0 Å². The van der Waals surface area contributed by atoms with Gasteiger partial charge in [-0.05, 0) is 6.42 Å². The molecule has 4 nitrogen and oxygen atoms in total. The number of aromatic hydroxyl groups is 1. The van der Waals surface area contributed by atoms with E-state index in [9.17, 15) is 0 Å². The fraction of sp³-hybridized carbons (Fsp3) is 0.857. The maximum atomic E-state index is 8.88. The van der Waals surface area contributed by atoms with Crippen molar-refractivity contribution >= 4 is 0 Å². The molecule has 106 valence electrons. The van der Waals surface area contributed by atoms with Crippen LogP contribution >= 0.6 is 0 Å². The first-order chi connectivity index (χ1) is 8.84. The van der Waals surface area contributed by atoms with Gasteiger partial charge in [-0.25, -0.2) is 9.15 Å². The minimum atomic E-state index is -0.248. The Balaban J connectivity index is 1.73. The molecule has 0 unspecified atom stereocenters. The molecule has 0 spiro atoms. The van der Waals surface area contributed by atoms with Gasteiger partial charge in [-0.3, -0.25) is 0 Å². The van der Waals surface area contributed by atoms with E-state index in [1.807, 2.05) is 0 Å². The number of hydrogen-bond donors (Lipinski definition) is 1. The van der Waals surface area contributed by atoms with Gasteiger partial charge in [0.05, 0.1) is 6.61 Å². The van der Waals surface area contributed by atoms with Gasteiger partial charge in [0.2, 0.25) is 0 Å². The SMILES string of the molecule is CCCCCCCCCCCCOc1ooc1O. The van der Waals surface area contributed by atoms with Gasteiger partial charge in [-0.1, -0.05) is 64.7 Å². The smallest absolute Gasteiger partial charge is 0.417 e. The zero-order valence-corrected chi connectivity index (χ0v) is 11.5. The van der Waals surface area contributed by atoms with Crippen LogP contribution in [0, 0.1) is 0 Å². The van der Waals surface area contributed by atoms with Gasteiger partial charge in [-0.2, -0.15) is 0 Å². The van der Waals surface area contributed by atoms with Crippen molar-refractivity contribution in [2.24, 2.45) is 0 Å². The topological polar surface area (TPSA) is 55.7 Å². The van der Waals surface area contributed by atoms with Crippen molar-refractivity contribution in [3.8, 4) is 11.9 Å². The average molecular weight is 258 g/mol. The molecule has 0 aliphatic rings. The van der Waals surface area contributed by atoms with Crippen LogP contribution in [0.1, 0.15) is 71.1 Å². The van der Waals surface area contributed by atoms with E-state index < -0.39 is 0 Å². The Morgan fingerprint density at radius 3 is 1.83 bits per heavy atom. The van der Waals surface area contributed by atoms with Crippen molar-refractivity contribution in [2.75, 3.05) is 6.61 Å². The second-order valence-electron chi connectivity index (χ2n) is 4.79. The van der Waals surface area contributed by atoms with E-state index in [2.05, 4.69) is 16.1 Å². The summed E-state index contributed by atoms with van der Waals surface area (Å²) < 4.78 is 13.8. The third-order valence-corrected chi connectivity index (χ3v) is 3.10. The molecule has 1 aromatic heterocycles. The van der Waals surface area contributed by atoms with Crippen LogP contribution in [0.4, 0.5) is 0 Å². The van der Waals surface area contributed by atoms with Crippen molar-refractivity contribution < 1.29 is 19.0 Å². The summed E-state index contributed by atoms with van der Waals surface area (Å²) in [5, 5.41) is 8.88. The third kappa shape index (κ3) is 6.62. The maximum Gasteiger partial charge on any atom is 0.417 e. The van der Waals surface area contributed by atoms with Gasteiger partial charge in [0.1, 0.15) is 0 Å². The normalized spacial score (nSPS) is 10.9. The Morgan fingerprint density at radius 1 is 0.833 bits per heavy atom. The lowest BCUT2D eigenvalue weighted by atomic mass is 10.1. The highest BCUT2D eigenvalue weighted by atomic mass is 17.0. The molecule has 0 atom stereocenters. The maximum absolute atomic E-state index is 8.88. The summed E-state index contributed by atoms with van der Waals surface area (Å²) >= 11 is 0. The van der Waals surface area contributed by atoms with E-state index >= 15 is 0 Å². The summed E-state index contributed by atoms with van der Waals surface area (Å²) in [5.41, 5.74) is 0. The van der Waals surface area contributed by atoms with Gasteiger partial charge in [0.15, 0.2) is 0 Å². The molecule has 0 aromatic carbocycles. The molecule has 18 heavy (non-hydrogen) atoms. The van der Waals surface area contributed by atoms with Gasteiger partial charge in [-0.15, -0.1) is 0 Å². The standard InChI is InChI=1S/C14H26O4/c1-2-3-4-5-6-7-8-9-10-11-12-16-14-13(15)17-18-14/h15H,2-12H2,1H3. The second kappa shape index (κ2) is 9.92. The van der Waals surface area contributed by atoms with Crippen LogP contribution in [0.5, 0.6) is 11.9 Å². The largest absolute Gasteiger partial charge is 0.473 e. The fourth-order valence-electron chi connectivity index (χ4n) is 1.95. The molecule has 4 heteroatoms. The molecule has 0 fully saturated rings. The Hall–Kier alpha value is -1.06. The van der Waals surface area contributed by atoms with Crippen LogP contribution in [0.25, 0.3) is 0 Å². The lowest BCUT2D eigenvalue weighted by molar-refractivity contribution is -0.0761. The van der Waals surface area contributed by atoms with E-state index in [-0.39, 0.29) is 11.9 Å². The molecule has 0 saturated carbocycles. The van der Waals surface area contributed by atoms with E-state index in [4.69, 9.17) is 9.84 Å². The Labute approximate surface area is 109 Å². The monoisotopic (exact) mass is 258 g/mol. The van der Waals surface area contributed by atoms with Crippen molar-refractivity contribution in [3.63, 3.8) is 0 Å². The number of hydrogen-bond acceptors (Lipinski definition) is 4. The van der Waals surface area contributed by atoms with Gasteiger partial charge in [0, 0.05) is 0 Å². The number of ether oxygens (including phenoxy) is 1. The third-order valence-electron chi connectivity index (χ3n) is 3.10. The number of rotatable bonds is 12. The summed E-state index contributed by atoms with van der Waals surface area (Å²) in [5.74, 6) is -0.131. The molecule has 0 saturated heterocycles. The average Bonchev–Trinajstić information content (AvgIpc) is 2.38. The number of unbranched alkanes of at least 4 members (excludes halogenated alkanes) is 9. The highest BCUT2D eigenvalue weighted by Crippen LogP contribution is 2.30. The van der Waals surface area contributed by atoms with E-state index in [1.54, 1.807) is 0 Å². The molecule has 1 heterocycles. The van der Waals surface area contributed by atoms with E-state index in [0.717, 1.165) is 6.42 Å². The predicted molar refractivity (Wildman–Crippen MR) is 70.0 cm³/mol. The first-order valence-corrected chi connectivity index (χ1v) is 7.25. The molecular weight excluding hydrogens is 232 g/mol. The Bertz CT molecular complexity index is 277. The molecular formula is C14H26O4. The summed E-state index contributed by atoms with van der Waals surface area (Å²) in [6, 6.07) is 0. The summed E-state index contributed by atoms with van der Waals surface area (Å²) in [6.45, 7) is 2.83. The molecule has 1 aromatic rings. The van der Waals surface area contributed by atoms with Crippen LogP contribution in [-0.4, -0.2) is 11.7 Å². The highest BCUT2D eigenvalue weighted by Gasteiger charge is 2.13. The van der Waals surface area contributed by atoms with E-state index in [0.29, 0.717) is 6.61 Å². The van der Waals surface area contributed by atoms with Crippen molar-refractivity contribution in [2.45, 2.75) is 71.1 Å². The van der Waals surface area contributed by atoms with Gasteiger partial charge in [0.25, 0.3) is 0 Å². The lowest BCUT2D eigenvalue weighted by Gasteiger charge is -2.05. The Kier molecular flexibility index (Phi) is 8.26. The minimum absolute atomic E-state index is 0.117. The molecule has 0 bridgehead atoms. The summed E-state index contributed by atoms with van der Waals surface area (Å²) in [6.07, 6.45) is 13.0. The zero-order chi connectivity index (χ0) is 13.1. The quantitative estimate of drug-likeness (QED) is 0.429. The highest BCUT2D eigenvalue weighted by molar-refractivity contribution is 5.14. The molecule has 0 aliphatic heterocycles. The van der Waals surface area contributed by atoms with Crippen LogP contribution in [0.3, 0.4) is 0 Å². The predicted octanol–water partition coefficient (Wildman–Crippen LogP) is 4.88. The van der Waals surface area contributed by atoms with Gasteiger partial charge < -0.3 is 9.84 Å². The van der Waals surface area contributed by atoms with Crippen molar-refractivity contribution in [1.82, 2.24) is 0 Å². The van der Waals surface area contributed by atoms with Crippen LogP contribution < -0.4 is 4.74 Å². The fourth-order valence-corrected chi connectivity index (χ4v) is 1.95. The summed E-state index contributed by atoms with van der Waals surface area (Å²) in [4.78, 5) is 0. The van der Waals surface area contributed by atoms with E-state index in [1.165, 1.54) is 57.8 Å². The lowest BCUT2D eigenvalue weighted by Crippen LogP contribution is -1.98. The first-order valence-electron chi connectivity index (χ1n) is 7.25. The summed E-state index contributed by atoms with van der Waals surface area (Å²) in [7, 11) is 0. The molecule has 0 aliphatic carbocycles. The zero-order valence-electron chi connectivity index (χ0n) is 11.5. The molecule has 1 N–H and O–H groups in total. The second-order valence-corrected chi connectivity index (χ2v) is 4.79. The molecule has 1 rings (SSSR count).